The van der Waals surface area contributed by atoms with Gasteiger partial charge in [-0.2, -0.15) is 0 Å². The average Bonchev–Trinajstić information content (AvgIpc) is 2.92. The predicted molar refractivity (Wildman–Crippen MR) is 139 cm³/mol. The van der Waals surface area contributed by atoms with E-state index in [-0.39, 0.29) is 18.0 Å². The van der Waals surface area contributed by atoms with Crippen LogP contribution in [0.15, 0.2) is 42.9 Å². The minimum Gasteiger partial charge on any atom is -0.505 e. The van der Waals surface area contributed by atoms with Crippen LogP contribution in [0.3, 0.4) is 0 Å². The monoisotopic (exact) mass is 541 g/mol. The maximum Gasteiger partial charge on any atom is 0.329 e. The molecule has 0 unspecified atom stereocenters. The van der Waals surface area contributed by atoms with Crippen LogP contribution in [0.4, 0.5) is 0 Å². The average molecular weight is 542 g/mol. The second-order valence-electron chi connectivity index (χ2n) is 9.80. The molecule has 1 aliphatic heterocycles. The number of aromatic hydroxyl groups is 1. The number of nitrogens with zero attached hydrogens (tertiary/aromatic N) is 2. The van der Waals surface area contributed by atoms with Crippen LogP contribution in [-0.4, -0.2) is 74.2 Å². The van der Waals surface area contributed by atoms with E-state index in [1.807, 2.05) is 6.92 Å². The van der Waals surface area contributed by atoms with Crippen molar-refractivity contribution >= 4 is 23.7 Å². The Morgan fingerprint density at radius 1 is 1.13 bits per heavy atom. The molecule has 0 bridgehead atoms. The molecule has 2 aromatic rings. The lowest BCUT2D eigenvalue weighted by Crippen LogP contribution is -2.61. The van der Waals surface area contributed by atoms with Gasteiger partial charge in [-0.05, 0) is 43.0 Å². The molecule has 0 saturated carbocycles. The van der Waals surface area contributed by atoms with Gasteiger partial charge < -0.3 is 30.9 Å². The van der Waals surface area contributed by atoms with Crippen molar-refractivity contribution in [2.24, 2.45) is 11.8 Å². The van der Waals surface area contributed by atoms with Gasteiger partial charge in [0, 0.05) is 18.6 Å². The smallest absolute Gasteiger partial charge is 0.329 e. The van der Waals surface area contributed by atoms with E-state index >= 15 is 0 Å². The Kier molecular flexibility index (Phi) is 9.94. The van der Waals surface area contributed by atoms with E-state index in [1.165, 1.54) is 32.2 Å². The van der Waals surface area contributed by atoms with Gasteiger partial charge >= 0.3 is 5.97 Å². The number of esters is 1. The van der Waals surface area contributed by atoms with Crippen molar-refractivity contribution in [3.63, 3.8) is 0 Å². The molecule has 12 heteroatoms. The molecule has 0 aromatic carbocycles. The van der Waals surface area contributed by atoms with Crippen molar-refractivity contribution in [1.29, 1.82) is 0 Å². The van der Waals surface area contributed by atoms with Gasteiger partial charge in [0.1, 0.15) is 23.9 Å². The van der Waals surface area contributed by atoms with Crippen LogP contribution in [0, 0.1) is 11.8 Å². The number of rotatable bonds is 6. The maximum atomic E-state index is 13.6. The number of nitrogens with one attached hydrogen (secondary N) is 3. The first-order valence-electron chi connectivity index (χ1n) is 12.9. The third-order valence-electron chi connectivity index (χ3n) is 6.95. The largest absolute Gasteiger partial charge is 0.505 e. The molecule has 5 N–H and O–H groups in total. The number of carbonyl (C=O) groups excluding carboxylic acids is 4. The molecule has 39 heavy (non-hydrogen) atoms. The van der Waals surface area contributed by atoms with Gasteiger partial charge in [0.25, 0.3) is 5.91 Å². The molecule has 1 fully saturated rings. The lowest BCUT2D eigenvalue weighted by Gasteiger charge is -2.34. The number of aliphatic hydroxyl groups is 1. The zero-order valence-electron chi connectivity index (χ0n) is 22.3. The molecule has 210 valence electrons. The van der Waals surface area contributed by atoms with Gasteiger partial charge in [-0.3, -0.25) is 19.4 Å². The Labute approximate surface area is 226 Å². The van der Waals surface area contributed by atoms with Crippen LogP contribution in [-0.2, 0) is 25.5 Å². The van der Waals surface area contributed by atoms with Crippen LogP contribution in [0.5, 0.6) is 5.75 Å². The SMILES string of the molecule is CC[C@@H](C)[C@H]1NC(=O)[C@H](C)[C@H](O)[C@H](Cc2cccnc2)NC(=O)[C@@H](NC(=O)c2ncccc2O)[C@@H](C)OC1=O. The summed E-state index contributed by atoms with van der Waals surface area (Å²) in [6.45, 7) is 6.54. The van der Waals surface area contributed by atoms with Crippen molar-refractivity contribution in [2.45, 2.75) is 70.9 Å². The van der Waals surface area contributed by atoms with E-state index in [4.69, 9.17) is 4.74 Å². The Balaban J connectivity index is 2.00. The molecule has 3 amide bonds. The summed E-state index contributed by atoms with van der Waals surface area (Å²) in [5.74, 6) is -4.72. The number of ether oxygens (including phenoxy) is 1. The van der Waals surface area contributed by atoms with E-state index in [2.05, 4.69) is 25.9 Å². The second-order valence-corrected chi connectivity index (χ2v) is 9.80. The normalized spacial score (nSPS) is 27.2. The minimum absolute atomic E-state index is 0.128. The van der Waals surface area contributed by atoms with Crippen molar-refractivity contribution in [1.82, 2.24) is 25.9 Å². The number of carbonyl (C=O) groups is 4. The van der Waals surface area contributed by atoms with Crippen LogP contribution in [0.2, 0.25) is 0 Å². The van der Waals surface area contributed by atoms with E-state index in [1.54, 1.807) is 31.5 Å². The first kappa shape index (κ1) is 29.5. The highest BCUT2D eigenvalue weighted by molar-refractivity contribution is 5.98. The lowest BCUT2D eigenvalue weighted by molar-refractivity contribution is -0.157. The number of hydrogen-bond acceptors (Lipinski definition) is 9. The molecule has 0 spiro atoms. The fraction of sp³-hybridized carbons (Fsp3) is 0.481. The van der Waals surface area contributed by atoms with E-state index in [0.717, 1.165) is 0 Å². The van der Waals surface area contributed by atoms with E-state index in [9.17, 15) is 29.4 Å². The molecular weight excluding hydrogens is 506 g/mol. The summed E-state index contributed by atoms with van der Waals surface area (Å²) in [5.41, 5.74) is 0.373. The van der Waals surface area contributed by atoms with Crippen molar-refractivity contribution in [3.8, 4) is 5.75 Å². The van der Waals surface area contributed by atoms with Gasteiger partial charge in [0.2, 0.25) is 11.8 Å². The number of amides is 3. The molecule has 3 heterocycles. The summed E-state index contributed by atoms with van der Waals surface area (Å²) < 4.78 is 5.59. The summed E-state index contributed by atoms with van der Waals surface area (Å²) >= 11 is 0. The van der Waals surface area contributed by atoms with Gasteiger partial charge in [-0.15, -0.1) is 0 Å². The highest BCUT2D eigenvalue weighted by Gasteiger charge is 2.40. The highest BCUT2D eigenvalue weighted by Crippen LogP contribution is 2.19. The first-order chi connectivity index (χ1) is 18.5. The number of aromatic nitrogens is 2. The fourth-order valence-electron chi connectivity index (χ4n) is 4.26. The quantitative estimate of drug-likeness (QED) is 0.325. The first-order valence-corrected chi connectivity index (χ1v) is 12.9. The minimum atomic E-state index is -1.42. The molecule has 2 aromatic heterocycles. The third-order valence-corrected chi connectivity index (χ3v) is 6.95. The highest BCUT2D eigenvalue weighted by atomic mass is 16.5. The summed E-state index contributed by atoms with van der Waals surface area (Å²) in [6, 6.07) is 2.75. The molecule has 0 radical (unpaired) electrons. The summed E-state index contributed by atoms with van der Waals surface area (Å²) in [4.78, 5) is 60.7. The van der Waals surface area contributed by atoms with Crippen LogP contribution in [0.25, 0.3) is 0 Å². The molecule has 12 nitrogen and oxygen atoms in total. The van der Waals surface area contributed by atoms with Crippen LogP contribution in [0.1, 0.15) is 50.2 Å². The molecule has 3 rings (SSSR count). The van der Waals surface area contributed by atoms with Crippen LogP contribution < -0.4 is 16.0 Å². The topological polar surface area (TPSA) is 180 Å². The lowest BCUT2D eigenvalue weighted by atomic mass is 9.91. The number of hydrogen-bond donors (Lipinski definition) is 5. The Hall–Kier alpha value is -4.06. The molecule has 1 aliphatic rings. The van der Waals surface area contributed by atoms with Gasteiger partial charge in [0.05, 0.1) is 18.1 Å². The van der Waals surface area contributed by atoms with Gasteiger partial charge in [-0.25, -0.2) is 9.78 Å². The zero-order valence-corrected chi connectivity index (χ0v) is 22.3. The molecule has 0 aliphatic carbocycles. The predicted octanol–water partition coefficient (Wildman–Crippen LogP) is 0.481. The molecular formula is C27H35N5O7. The summed E-state index contributed by atoms with van der Waals surface area (Å²) in [7, 11) is 0. The van der Waals surface area contributed by atoms with Gasteiger partial charge in [0.15, 0.2) is 5.69 Å². The van der Waals surface area contributed by atoms with Crippen molar-refractivity contribution in [3.05, 3.63) is 54.1 Å². The van der Waals surface area contributed by atoms with Crippen LogP contribution >= 0.6 is 0 Å². The fourth-order valence-corrected chi connectivity index (χ4v) is 4.26. The standard InChI is InChI=1S/C27H35N5O7/c1-5-14(2)20-27(38)39-16(4)21(32-26(37)22-19(33)9-7-11-29-22)25(36)30-18(12-17-8-6-10-28-13-17)23(34)15(3)24(35)31-20/h6-11,13-16,18,20-21,23,33-34H,5,12H2,1-4H3,(H,30,36)(H,31,35)(H,32,37)/t14-,15-,16-,18+,20-,21+,23+/m1/s1. The number of aliphatic hydroxyl groups excluding tert-OH is 1. The van der Waals surface area contributed by atoms with Crippen molar-refractivity contribution in [2.75, 3.05) is 0 Å². The Morgan fingerprint density at radius 3 is 2.49 bits per heavy atom. The van der Waals surface area contributed by atoms with E-state index in [0.29, 0.717) is 12.0 Å². The Bertz CT molecular complexity index is 1180. The van der Waals surface area contributed by atoms with E-state index < -0.39 is 65.7 Å². The number of cyclic esters (lactones) is 1. The third kappa shape index (κ3) is 7.29. The Morgan fingerprint density at radius 2 is 1.85 bits per heavy atom. The van der Waals surface area contributed by atoms with Crippen molar-refractivity contribution < 1.29 is 34.1 Å². The maximum absolute atomic E-state index is 13.6. The summed E-state index contributed by atoms with van der Waals surface area (Å²) in [5, 5.41) is 29.2. The summed E-state index contributed by atoms with van der Waals surface area (Å²) in [6.07, 6.45) is 2.58. The van der Waals surface area contributed by atoms with Gasteiger partial charge in [-0.1, -0.05) is 33.3 Å². The molecule has 1 saturated heterocycles. The molecule has 7 atom stereocenters. The number of pyridine rings is 2. The second kappa shape index (κ2) is 13.1. The zero-order chi connectivity index (χ0) is 28.7.